The Labute approximate surface area is 106 Å². The van der Waals surface area contributed by atoms with Crippen LogP contribution in [0.25, 0.3) is 11.3 Å². The van der Waals surface area contributed by atoms with Crippen LogP contribution in [0.4, 0.5) is 5.69 Å². The molecule has 3 rings (SSSR count). The van der Waals surface area contributed by atoms with E-state index in [1.165, 1.54) is 30.5 Å². The number of hydrogen-bond donors (Lipinski definition) is 1. The van der Waals surface area contributed by atoms with Gasteiger partial charge >= 0.3 is 0 Å². The van der Waals surface area contributed by atoms with Gasteiger partial charge in [0.15, 0.2) is 0 Å². The van der Waals surface area contributed by atoms with Crippen LogP contribution >= 0.6 is 11.3 Å². The number of benzene rings is 1. The summed E-state index contributed by atoms with van der Waals surface area (Å²) < 4.78 is 0. The van der Waals surface area contributed by atoms with Crippen LogP contribution in [0.1, 0.15) is 24.3 Å². The fourth-order valence-corrected chi connectivity index (χ4v) is 2.67. The molecule has 0 saturated heterocycles. The molecule has 2 aromatic rings. The third-order valence-electron chi connectivity index (χ3n) is 3.25. The van der Waals surface area contributed by atoms with E-state index >= 15 is 0 Å². The van der Waals surface area contributed by atoms with E-state index in [4.69, 9.17) is 0 Å². The van der Waals surface area contributed by atoms with Gasteiger partial charge < -0.3 is 5.32 Å². The number of hydrogen-bond acceptors (Lipinski definition) is 3. The van der Waals surface area contributed by atoms with Crippen molar-refractivity contribution < 1.29 is 0 Å². The number of rotatable bonds is 3. The number of nitrogens with one attached hydrogen (secondary N) is 1. The summed E-state index contributed by atoms with van der Waals surface area (Å²) in [5.74, 6) is 0. The minimum absolute atomic E-state index is 0.683. The van der Waals surface area contributed by atoms with Crippen LogP contribution in [0.5, 0.6) is 0 Å². The second kappa shape index (κ2) is 4.49. The van der Waals surface area contributed by atoms with Crippen LogP contribution in [0, 0.1) is 6.92 Å². The van der Waals surface area contributed by atoms with E-state index in [0.29, 0.717) is 6.04 Å². The predicted octanol–water partition coefficient (Wildman–Crippen LogP) is 4.08. The van der Waals surface area contributed by atoms with Crippen LogP contribution in [0.2, 0.25) is 0 Å². The maximum atomic E-state index is 4.53. The van der Waals surface area contributed by atoms with Crippen molar-refractivity contribution >= 4 is 17.0 Å². The van der Waals surface area contributed by atoms with Gasteiger partial charge in [0.1, 0.15) is 0 Å². The first-order chi connectivity index (χ1) is 8.31. The van der Waals surface area contributed by atoms with Crippen molar-refractivity contribution in [3.8, 4) is 11.3 Å². The van der Waals surface area contributed by atoms with E-state index in [2.05, 4.69) is 39.9 Å². The van der Waals surface area contributed by atoms with Crippen LogP contribution in [0.3, 0.4) is 0 Å². The maximum absolute atomic E-state index is 4.53. The van der Waals surface area contributed by atoms with Crippen molar-refractivity contribution in [3.05, 3.63) is 34.7 Å². The summed E-state index contributed by atoms with van der Waals surface area (Å²) >= 11 is 1.70. The fraction of sp³-hybridized carbons (Fsp3) is 0.357. The standard InChI is InChI=1S/C14H16N2S/c1-10-15-14(9-17-10)11-4-2-7-13(8-11)16-12-5-3-6-12/h2,4,7-9,12,16H,3,5-6H2,1H3. The smallest absolute Gasteiger partial charge is 0.0901 e. The normalized spacial score (nSPS) is 15.6. The van der Waals surface area contributed by atoms with Gasteiger partial charge in [-0.2, -0.15) is 0 Å². The lowest BCUT2D eigenvalue weighted by Crippen LogP contribution is -2.26. The first-order valence-electron chi connectivity index (χ1n) is 6.10. The molecule has 1 saturated carbocycles. The van der Waals surface area contributed by atoms with Gasteiger partial charge in [0, 0.05) is 22.7 Å². The van der Waals surface area contributed by atoms with Crippen molar-refractivity contribution in [1.82, 2.24) is 4.98 Å². The molecule has 1 aliphatic carbocycles. The van der Waals surface area contributed by atoms with Gasteiger partial charge in [-0.3, -0.25) is 0 Å². The second-order valence-electron chi connectivity index (χ2n) is 4.60. The summed E-state index contributed by atoms with van der Waals surface area (Å²) in [4.78, 5) is 4.53. The molecule has 2 nitrogen and oxygen atoms in total. The van der Waals surface area contributed by atoms with Crippen LogP contribution < -0.4 is 5.32 Å². The van der Waals surface area contributed by atoms with Crippen molar-refractivity contribution in [2.75, 3.05) is 5.32 Å². The Bertz CT molecular complexity index is 514. The van der Waals surface area contributed by atoms with Gasteiger partial charge in [0.2, 0.25) is 0 Å². The Morgan fingerprint density at radius 3 is 2.88 bits per heavy atom. The summed E-state index contributed by atoms with van der Waals surface area (Å²) in [5.41, 5.74) is 3.52. The van der Waals surface area contributed by atoms with E-state index in [1.54, 1.807) is 11.3 Å². The number of thiazole rings is 1. The summed E-state index contributed by atoms with van der Waals surface area (Å²) in [6, 6.07) is 9.25. The lowest BCUT2D eigenvalue weighted by Gasteiger charge is -2.27. The summed E-state index contributed by atoms with van der Waals surface area (Å²) in [7, 11) is 0. The number of aryl methyl sites for hydroxylation is 1. The molecule has 1 aliphatic rings. The zero-order valence-corrected chi connectivity index (χ0v) is 10.8. The van der Waals surface area contributed by atoms with E-state index in [1.807, 2.05) is 6.92 Å². The van der Waals surface area contributed by atoms with Crippen molar-refractivity contribution in [2.24, 2.45) is 0 Å². The van der Waals surface area contributed by atoms with Gasteiger partial charge in [0.25, 0.3) is 0 Å². The monoisotopic (exact) mass is 244 g/mol. The molecule has 3 heteroatoms. The van der Waals surface area contributed by atoms with Crippen molar-refractivity contribution in [2.45, 2.75) is 32.2 Å². The molecule has 17 heavy (non-hydrogen) atoms. The maximum Gasteiger partial charge on any atom is 0.0901 e. The van der Waals surface area contributed by atoms with Gasteiger partial charge in [0.05, 0.1) is 10.7 Å². The minimum atomic E-state index is 0.683. The van der Waals surface area contributed by atoms with Gasteiger partial charge in [-0.05, 0) is 38.3 Å². The topological polar surface area (TPSA) is 24.9 Å². The largest absolute Gasteiger partial charge is 0.382 e. The van der Waals surface area contributed by atoms with E-state index in [9.17, 15) is 0 Å². The summed E-state index contributed by atoms with van der Waals surface area (Å²) in [6.45, 7) is 2.05. The molecule has 1 aromatic heterocycles. The quantitative estimate of drug-likeness (QED) is 0.880. The molecule has 0 amide bonds. The van der Waals surface area contributed by atoms with Crippen molar-refractivity contribution in [1.29, 1.82) is 0 Å². The molecule has 1 N–H and O–H groups in total. The van der Waals surface area contributed by atoms with Crippen LogP contribution in [-0.2, 0) is 0 Å². The van der Waals surface area contributed by atoms with Crippen molar-refractivity contribution in [3.63, 3.8) is 0 Å². The zero-order valence-electron chi connectivity index (χ0n) is 9.94. The van der Waals surface area contributed by atoms with Gasteiger partial charge in [-0.1, -0.05) is 12.1 Å². The highest BCUT2D eigenvalue weighted by atomic mass is 32.1. The number of anilines is 1. The Kier molecular flexibility index (Phi) is 2.85. The minimum Gasteiger partial charge on any atom is -0.382 e. The highest BCUT2D eigenvalue weighted by Gasteiger charge is 2.16. The SMILES string of the molecule is Cc1nc(-c2cccc(NC3CCC3)c2)cs1. The third-order valence-corrected chi connectivity index (χ3v) is 4.03. The molecule has 1 heterocycles. The molecule has 0 unspecified atom stereocenters. The second-order valence-corrected chi connectivity index (χ2v) is 5.67. The Morgan fingerprint density at radius 2 is 2.24 bits per heavy atom. The number of aromatic nitrogens is 1. The highest BCUT2D eigenvalue weighted by molar-refractivity contribution is 7.09. The average Bonchev–Trinajstić information content (AvgIpc) is 2.71. The molecular weight excluding hydrogens is 228 g/mol. The molecule has 88 valence electrons. The Hall–Kier alpha value is -1.35. The lowest BCUT2D eigenvalue weighted by molar-refractivity contribution is 0.445. The van der Waals surface area contributed by atoms with E-state index in [0.717, 1.165) is 10.7 Å². The van der Waals surface area contributed by atoms with E-state index < -0.39 is 0 Å². The van der Waals surface area contributed by atoms with Crippen LogP contribution in [-0.4, -0.2) is 11.0 Å². The predicted molar refractivity (Wildman–Crippen MR) is 73.5 cm³/mol. The first-order valence-corrected chi connectivity index (χ1v) is 6.98. The molecule has 0 spiro atoms. The molecule has 1 fully saturated rings. The summed E-state index contributed by atoms with van der Waals surface area (Å²) in [6.07, 6.45) is 3.97. The first kappa shape index (κ1) is 10.8. The van der Waals surface area contributed by atoms with E-state index in [-0.39, 0.29) is 0 Å². The van der Waals surface area contributed by atoms with Gasteiger partial charge in [-0.15, -0.1) is 11.3 Å². The molecular formula is C14H16N2S. The lowest BCUT2D eigenvalue weighted by atomic mass is 9.93. The number of nitrogens with zero attached hydrogens (tertiary/aromatic N) is 1. The average molecular weight is 244 g/mol. The summed E-state index contributed by atoms with van der Waals surface area (Å²) in [5, 5.41) is 6.82. The third kappa shape index (κ3) is 2.34. The Morgan fingerprint density at radius 1 is 1.35 bits per heavy atom. The molecule has 0 bridgehead atoms. The Balaban J connectivity index is 1.82. The van der Waals surface area contributed by atoms with Crippen LogP contribution in [0.15, 0.2) is 29.6 Å². The van der Waals surface area contributed by atoms with Gasteiger partial charge in [-0.25, -0.2) is 4.98 Å². The molecule has 0 aliphatic heterocycles. The highest BCUT2D eigenvalue weighted by Crippen LogP contribution is 2.27. The zero-order chi connectivity index (χ0) is 11.7. The molecule has 0 atom stereocenters. The molecule has 1 aromatic carbocycles. The molecule has 0 radical (unpaired) electrons. The fourth-order valence-electron chi connectivity index (χ4n) is 2.05.